The predicted molar refractivity (Wildman–Crippen MR) is 95.2 cm³/mol. The van der Waals surface area contributed by atoms with E-state index in [1.807, 2.05) is 20.8 Å². The average Bonchev–Trinajstić information content (AvgIpc) is 2.43. The van der Waals surface area contributed by atoms with Crippen molar-refractivity contribution < 1.29 is 9.72 Å². The molecule has 1 atom stereocenters. The molecule has 23 heavy (non-hydrogen) atoms. The molecule has 0 fully saturated rings. The molecule has 1 aromatic carbocycles. The van der Waals surface area contributed by atoms with Gasteiger partial charge in [-0.05, 0) is 52.0 Å². The monoisotopic (exact) mass is 356 g/mol. The SMILES string of the molecule is C[C@H](Sc1ccc([N+](=O)[O-])cc1)C(=O)NNC(=S)NC(C)(C)C. The van der Waals surface area contributed by atoms with Gasteiger partial charge in [0.2, 0.25) is 0 Å². The smallest absolute Gasteiger partial charge is 0.269 e. The quantitative estimate of drug-likeness (QED) is 0.330. The summed E-state index contributed by atoms with van der Waals surface area (Å²) in [4.78, 5) is 22.9. The summed E-state index contributed by atoms with van der Waals surface area (Å²) in [6.45, 7) is 7.60. The lowest BCUT2D eigenvalue weighted by Crippen LogP contribution is -2.53. The highest BCUT2D eigenvalue weighted by molar-refractivity contribution is 8.00. The second kappa shape index (κ2) is 8.11. The zero-order chi connectivity index (χ0) is 17.6. The number of nitrogens with zero attached hydrogens (tertiary/aromatic N) is 1. The Kier molecular flexibility index (Phi) is 6.77. The van der Waals surface area contributed by atoms with E-state index in [9.17, 15) is 14.9 Å². The van der Waals surface area contributed by atoms with Crippen molar-refractivity contribution in [2.24, 2.45) is 0 Å². The molecular formula is C14H20N4O3S2. The molecule has 0 aliphatic rings. The minimum absolute atomic E-state index is 0.0201. The third-order valence-electron chi connectivity index (χ3n) is 2.52. The van der Waals surface area contributed by atoms with Crippen LogP contribution in [0.3, 0.4) is 0 Å². The molecule has 9 heteroatoms. The predicted octanol–water partition coefficient (Wildman–Crippen LogP) is 2.37. The summed E-state index contributed by atoms with van der Waals surface area (Å²) in [5.41, 5.74) is 5.00. The fourth-order valence-corrected chi connectivity index (χ4v) is 2.72. The zero-order valence-corrected chi connectivity index (χ0v) is 15.0. The number of thiocarbonyl (C=S) groups is 1. The van der Waals surface area contributed by atoms with Crippen LogP contribution < -0.4 is 16.2 Å². The molecule has 0 spiro atoms. The van der Waals surface area contributed by atoms with Gasteiger partial charge in [-0.1, -0.05) is 0 Å². The van der Waals surface area contributed by atoms with Crippen LogP contribution in [0.2, 0.25) is 0 Å². The van der Waals surface area contributed by atoms with Crippen LogP contribution in [-0.2, 0) is 4.79 Å². The second-order valence-corrected chi connectivity index (χ2v) is 7.65. The first-order valence-corrected chi connectivity index (χ1v) is 8.16. The van der Waals surface area contributed by atoms with E-state index in [2.05, 4.69) is 16.2 Å². The molecule has 3 N–H and O–H groups in total. The number of rotatable bonds is 4. The van der Waals surface area contributed by atoms with Crippen LogP contribution in [0.1, 0.15) is 27.7 Å². The highest BCUT2D eigenvalue weighted by Crippen LogP contribution is 2.25. The van der Waals surface area contributed by atoms with Crippen molar-refractivity contribution in [1.29, 1.82) is 0 Å². The molecule has 0 radical (unpaired) electrons. The molecule has 0 aliphatic carbocycles. The van der Waals surface area contributed by atoms with E-state index in [-0.39, 0.29) is 22.4 Å². The Morgan fingerprint density at radius 1 is 1.26 bits per heavy atom. The van der Waals surface area contributed by atoms with Crippen LogP contribution in [0.4, 0.5) is 5.69 Å². The number of hydrazine groups is 1. The third-order valence-corrected chi connectivity index (χ3v) is 3.83. The number of carbonyl (C=O) groups is 1. The molecule has 0 saturated carbocycles. The van der Waals surface area contributed by atoms with E-state index in [4.69, 9.17) is 12.2 Å². The Labute approximate surface area is 144 Å². The van der Waals surface area contributed by atoms with E-state index in [1.165, 1.54) is 23.9 Å². The van der Waals surface area contributed by atoms with Crippen LogP contribution in [0.5, 0.6) is 0 Å². The van der Waals surface area contributed by atoms with Gasteiger partial charge in [0, 0.05) is 22.6 Å². The first kappa shape index (κ1) is 19.2. The Balaban J connectivity index is 2.47. The molecule has 0 aliphatic heterocycles. The molecule has 0 bridgehead atoms. The summed E-state index contributed by atoms with van der Waals surface area (Å²) in [6, 6.07) is 6.05. The molecule has 0 aromatic heterocycles. The highest BCUT2D eigenvalue weighted by atomic mass is 32.2. The minimum atomic E-state index is -0.461. The lowest BCUT2D eigenvalue weighted by atomic mass is 10.1. The maximum atomic E-state index is 12.0. The van der Waals surface area contributed by atoms with E-state index < -0.39 is 4.92 Å². The van der Waals surface area contributed by atoms with Crippen LogP contribution in [0.25, 0.3) is 0 Å². The van der Waals surface area contributed by atoms with Crippen molar-refractivity contribution >= 4 is 40.7 Å². The minimum Gasteiger partial charge on any atom is -0.357 e. The van der Waals surface area contributed by atoms with Gasteiger partial charge in [0.05, 0.1) is 10.2 Å². The van der Waals surface area contributed by atoms with E-state index in [1.54, 1.807) is 19.1 Å². The number of non-ortho nitro benzene ring substituents is 1. The second-order valence-electron chi connectivity index (χ2n) is 5.83. The van der Waals surface area contributed by atoms with Gasteiger partial charge in [0.15, 0.2) is 5.11 Å². The zero-order valence-electron chi connectivity index (χ0n) is 13.4. The fraction of sp³-hybridized carbons (Fsp3) is 0.429. The molecule has 0 saturated heterocycles. The van der Waals surface area contributed by atoms with Crippen molar-refractivity contribution in [2.75, 3.05) is 0 Å². The number of carbonyl (C=O) groups excluding carboxylic acids is 1. The Bertz CT molecular complexity index is 585. The number of thioether (sulfide) groups is 1. The molecule has 1 aromatic rings. The first-order chi connectivity index (χ1) is 10.6. The van der Waals surface area contributed by atoms with Gasteiger partial charge in [-0.2, -0.15) is 0 Å². The molecule has 1 amide bonds. The van der Waals surface area contributed by atoms with Crippen LogP contribution in [0, 0.1) is 10.1 Å². The van der Waals surface area contributed by atoms with Crippen LogP contribution in [0.15, 0.2) is 29.2 Å². The van der Waals surface area contributed by atoms with Crippen molar-refractivity contribution in [3.05, 3.63) is 34.4 Å². The van der Waals surface area contributed by atoms with E-state index >= 15 is 0 Å². The maximum Gasteiger partial charge on any atom is 0.269 e. The summed E-state index contributed by atoms with van der Waals surface area (Å²) in [7, 11) is 0. The topological polar surface area (TPSA) is 96.3 Å². The lowest BCUT2D eigenvalue weighted by Gasteiger charge is -2.23. The number of nitro groups is 1. The Hall–Kier alpha value is -1.87. The number of hydrogen-bond acceptors (Lipinski definition) is 5. The molecule has 126 valence electrons. The average molecular weight is 356 g/mol. The standard InChI is InChI=1S/C14H20N4O3S2/c1-9(12(19)16-17-13(22)15-14(2,3)4)23-11-7-5-10(6-8-11)18(20)21/h5-9H,1-4H3,(H,16,19)(H2,15,17,22)/t9-/m0/s1. The van der Waals surface area contributed by atoms with Gasteiger partial charge in [-0.3, -0.25) is 25.8 Å². The summed E-state index contributed by atoms with van der Waals surface area (Å²) in [6.07, 6.45) is 0. The Morgan fingerprint density at radius 2 is 1.83 bits per heavy atom. The number of hydrogen-bond donors (Lipinski definition) is 3. The number of nitro benzene ring substituents is 1. The van der Waals surface area contributed by atoms with Crippen LogP contribution >= 0.6 is 24.0 Å². The van der Waals surface area contributed by atoms with Gasteiger partial charge >= 0.3 is 0 Å². The molecule has 0 heterocycles. The third kappa shape index (κ3) is 7.29. The van der Waals surface area contributed by atoms with Gasteiger partial charge in [0.25, 0.3) is 11.6 Å². The fourth-order valence-electron chi connectivity index (χ4n) is 1.50. The van der Waals surface area contributed by atoms with Crippen LogP contribution in [-0.4, -0.2) is 26.7 Å². The highest BCUT2D eigenvalue weighted by Gasteiger charge is 2.16. The van der Waals surface area contributed by atoms with Crippen molar-refractivity contribution in [3.63, 3.8) is 0 Å². The number of amides is 1. The van der Waals surface area contributed by atoms with E-state index in [0.717, 1.165) is 4.90 Å². The largest absolute Gasteiger partial charge is 0.357 e. The first-order valence-electron chi connectivity index (χ1n) is 6.87. The lowest BCUT2D eigenvalue weighted by molar-refractivity contribution is -0.384. The number of benzene rings is 1. The summed E-state index contributed by atoms with van der Waals surface area (Å²) < 4.78 is 0. The maximum absolute atomic E-state index is 12.0. The van der Waals surface area contributed by atoms with Crippen molar-refractivity contribution in [2.45, 2.75) is 43.4 Å². The van der Waals surface area contributed by atoms with Crippen molar-refractivity contribution in [3.8, 4) is 0 Å². The molecule has 1 rings (SSSR count). The van der Waals surface area contributed by atoms with Gasteiger partial charge in [-0.15, -0.1) is 11.8 Å². The summed E-state index contributed by atoms with van der Waals surface area (Å²) in [5.74, 6) is -0.244. The normalized spacial score (nSPS) is 12.2. The van der Waals surface area contributed by atoms with Gasteiger partial charge in [-0.25, -0.2) is 0 Å². The molecular weight excluding hydrogens is 336 g/mol. The molecule has 7 nitrogen and oxygen atoms in total. The van der Waals surface area contributed by atoms with E-state index in [0.29, 0.717) is 5.11 Å². The Morgan fingerprint density at radius 3 is 2.30 bits per heavy atom. The summed E-state index contributed by atoms with van der Waals surface area (Å²) in [5, 5.41) is 13.6. The molecule has 0 unspecified atom stereocenters. The van der Waals surface area contributed by atoms with Gasteiger partial charge < -0.3 is 5.32 Å². The summed E-state index contributed by atoms with van der Waals surface area (Å²) >= 11 is 6.37. The van der Waals surface area contributed by atoms with Gasteiger partial charge in [0.1, 0.15) is 0 Å². The number of nitrogens with one attached hydrogen (secondary N) is 3. The van der Waals surface area contributed by atoms with Crippen molar-refractivity contribution in [1.82, 2.24) is 16.2 Å².